The smallest absolute Gasteiger partial charge is 0.0477 e. The summed E-state index contributed by atoms with van der Waals surface area (Å²) in [5.41, 5.74) is 0. The summed E-state index contributed by atoms with van der Waals surface area (Å²) in [7, 11) is 0. The van der Waals surface area contributed by atoms with E-state index >= 15 is 0 Å². The zero-order valence-corrected chi connectivity index (χ0v) is 17.5. The number of hydrogen-bond acceptors (Lipinski definition) is 0. The van der Waals surface area contributed by atoms with Gasteiger partial charge in [-0.2, -0.15) is 0 Å². The van der Waals surface area contributed by atoms with Crippen LogP contribution in [-0.4, -0.2) is 0 Å². The minimum absolute atomic E-state index is 1.02. The summed E-state index contributed by atoms with van der Waals surface area (Å²) in [6, 6.07) is 17.3. The lowest BCUT2D eigenvalue weighted by molar-refractivity contribution is 1.57. The Balaban J connectivity index is 2.32. The van der Waals surface area contributed by atoms with Crippen LogP contribution in [0.4, 0.5) is 0 Å². The minimum atomic E-state index is 1.02. The van der Waals surface area contributed by atoms with Gasteiger partial charge < -0.3 is 0 Å². The van der Waals surface area contributed by atoms with Crippen molar-refractivity contribution in [1.29, 1.82) is 0 Å². The lowest BCUT2D eigenvalue weighted by Crippen LogP contribution is -1.86. The van der Waals surface area contributed by atoms with Crippen LogP contribution in [0.3, 0.4) is 0 Å². The second-order valence-corrected chi connectivity index (χ2v) is 8.30. The van der Waals surface area contributed by atoms with Crippen molar-refractivity contribution in [3.8, 4) is 0 Å². The van der Waals surface area contributed by atoms with Gasteiger partial charge in [0.2, 0.25) is 0 Å². The number of benzene rings is 4. The third-order valence-electron chi connectivity index (χ3n) is 3.96. The van der Waals surface area contributed by atoms with Gasteiger partial charge in [-0.25, -0.2) is 0 Å². The Hall–Kier alpha value is -0.420. The molecule has 0 spiro atoms. The highest BCUT2D eigenvalue weighted by Gasteiger charge is 2.16. The molecule has 4 aromatic carbocycles. The van der Waals surface area contributed by atoms with Gasteiger partial charge >= 0.3 is 0 Å². The molecule has 0 saturated heterocycles. The molecule has 0 aliphatic rings. The molecule has 0 atom stereocenters. The SMILES string of the molecule is Brc1c(Br)c(Br)c2c(ccc3c4ccccc4ccc32)c1Br. The van der Waals surface area contributed by atoms with Crippen LogP contribution >= 0.6 is 63.7 Å². The molecule has 4 heteroatoms. The van der Waals surface area contributed by atoms with Crippen LogP contribution in [0.2, 0.25) is 0 Å². The van der Waals surface area contributed by atoms with Crippen LogP contribution in [0, 0.1) is 0 Å². The molecule has 4 rings (SSSR count). The zero-order valence-electron chi connectivity index (χ0n) is 11.1. The van der Waals surface area contributed by atoms with Gasteiger partial charge in [-0.1, -0.05) is 48.5 Å². The first-order chi connectivity index (χ1) is 10.6. The summed E-state index contributed by atoms with van der Waals surface area (Å²) >= 11 is 14.8. The Morgan fingerprint density at radius 3 is 1.91 bits per heavy atom. The van der Waals surface area contributed by atoms with Gasteiger partial charge in [0.25, 0.3) is 0 Å². The van der Waals surface area contributed by atoms with Crippen LogP contribution in [0.1, 0.15) is 0 Å². The highest BCUT2D eigenvalue weighted by atomic mass is 79.9. The van der Waals surface area contributed by atoms with E-state index in [1.807, 2.05) is 0 Å². The van der Waals surface area contributed by atoms with E-state index in [0.29, 0.717) is 0 Å². The van der Waals surface area contributed by atoms with E-state index in [0.717, 1.165) is 17.9 Å². The fourth-order valence-corrected chi connectivity index (χ4v) is 5.42. The van der Waals surface area contributed by atoms with Gasteiger partial charge in [0.15, 0.2) is 0 Å². The van der Waals surface area contributed by atoms with Crippen molar-refractivity contribution in [2.24, 2.45) is 0 Å². The molecule has 0 bridgehead atoms. The molecule has 0 amide bonds. The van der Waals surface area contributed by atoms with Crippen LogP contribution in [0.25, 0.3) is 32.3 Å². The Bertz CT molecular complexity index is 1070. The maximum absolute atomic E-state index is 3.75. The zero-order chi connectivity index (χ0) is 15.4. The van der Waals surface area contributed by atoms with E-state index in [1.54, 1.807) is 0 Å². The predicted octanol–water partition coefficient (Wildman–Crippen LogP) is 8.20. The summed E-state index contributed by atoms with van der Waals surface area (Å²) in [6.45, 7) is 0. The highest BCUT2D eigenvalue weighted by molar-refractivity contribution is 9.15. The van der Waals surface area contributed by atoms with Crippen molar-refractivity contribution in [2.45, 2.75) is 0 Å². The van der Waals surface area contributed by atoms with Gasteiger partial charge in [-0.05, 0) is 90.7 Å². The molecule has 0 N–H and O–H groups in total. The van der Waals surface area contributed by atoms with Crippen molar-refractivity contribution in [2.75, 3.05) is 0 Å². The summed E-state index contributed by atoms with van der Waals surface area (Å²) in [4.78, 5) is 0. The molecular formula is C18H8Br4. The number of hydrogen-bond donors (Lipinski definition) is 0. The fraction of sp³-hybridized carbons (Fsp3) is 0. The fourth-order valence-electron chi connectivity index (χ4n) is 2.93. The largest absolute Gasteiger partial charge is 0.0616 e. The first-order valence-corrected chi connectivity index (χ1v) is 9.83. The molecule has 4 aromatic rings. The van der Waals surface area contributed by atoms with Crippen LogP contribution in [0.5, 0.6) is 0 Å². The predicted molar refractivity (Wildman–Crippen MR) is 110 cm³/mol. The van der Waals surface area contributed by atoms with Gasteiger partial charge in [0.1, 0.15) is 0 Å². The standard InChI is InChI=1S/C18H8Br4/c19-15-13-8-7-11-10-4-2-1-3-9(10)5-6-12(11)14(13)16(20)18(22)17(15)21/h1-8H. The van der Waals surface area contributed by atoms with Crippen molar-refractivity contribution >= 4 is 96.0 Å². The second-order valence-electron chi connectivity index (χ2n) is 5.13. The van der Waals surface area contributed by atoms with E-state index in [4.69, 9.17) is 0 Å². The Morgan fingerprint density at radius 1 is 0.455 bits per heavy atom. The number of halogens is 4. The molecule has 0 radical (unpaired) electrons. The molecule has 0 aliphatic carbocycles. The normalized spacial score (nSPS) is 11.6. The van der Waals surface area contributed by atoms with Gasteiger partial charge in [0, 0.05) is 23.3 Å². The van der Waals surface area contributed by atoms with Crippen LogP contribution in [0.15, 0.2) is 66.4 Å². The molecule has 22 heavy (non-hydrogen) atoms. The molecular weight excluding hydrogens is 536 g/mol. The third kappa shape index (κ3) is 2.11. The van der Waals surface area contributed by atoms with Crippen LogP contribution < -0.4 is 0 Å². The van der Waals surface area contributed by atoms with Crippen molar-refractivity contribution < 1.29 is 0 Å². The van der Waals surface area contributed by atoms with Gasteiger partial charge in [0.05, 0.1) is 0 Å². The highest BCUT2D eigenvalue weighted by Crippen LogP contribution is 2.46. The molecule has 108 valence electrons. The van der Waals surface area contributed by atoms with Crippen molar-refractivity contribution in [3.63, 3.8) is 0 Å². The quantitative estimate of drug-likeness (QED) is 0.119. The number of fused-ring (bicyclic) bond motifs is 5. The van der Waals surface area contributed by atoms with Crippen molar-refractivity contribution in [3.05, 3.63) is 66.4 Å². The van der Waals surface area contributed by atoms with Crippen LogP contribution in [-0.2, 0) is 0 Å². The van der Waals surface area contributed by atoms with E-state index in [9.17, 15) is 0 Å². The average Bonchev–Trinajstić information content (AvgIpc) is 2.56. The lowest BCUT2D eigenvalue weighted by Gasteiger charge is -2.13. The minimum Gasteiger partial charge on any atom is -0.0616 e. The maximum atomic E-state index is 3.75. The first-order valence-electron chi connectivity index (χ1n) is 6.65. The summed E-state index contributed by atoms with van der Waals surface area (Å²) < 4.78 is 4.17. The monoisotopic (exact) mass is 540 g/mol. The topological polar surface area (TPSA) is 0 Å². The number of rotatable bonds is 0. The molecule has 0 saturated carbocycles. The molecule has 0 nitrogen and oxygen atoms in total. The molecule has 0 unspecified atom stereocenters. The van der Waals surface area contributed by atoms with Gasteiger partial charge in [-0.3, -0.25) is 0 Å². The van der Waals surface area contributed by atoms with E-state index < -0.39 is 0 Å². The third-order valence-corrected chi connectivity index (χ3v) is 8.76. The van der Waals surface area contributed by atoms with E-state index in [2.05, 4.69) is 112 Å². The lowest BCUT2D eigenvalue weighted by atomic mass is 9.97. The summed E-state index contributed by atoms with van der Waals surface area (Å²) in [5, 5.41) is 7.46. The second kappa shape index (κ2) is 5.59. The molecule has 0 aromatic heterocycles. The molecule has 0 fully saturated rings. The van der Waals surface area contributed by atoms with E-state index in [-0.39, 0.29) is 0 Å². The Morgan fingerprint density at radius 2 is 1.09 bits per heavy atom. The maximum Gasteiger partial charge on any atom is 0.0477 e. The Kier molecular flexibility index (Phi) is 3.84. The summed E-state index contributed by atoms with van der Waals surface area (Å²) in [6.07, 6.45) is 0. The van der Waals surface area contributed by atoms with Gasteiger partial charge in [-0.15, -0.1) is 0 Å². The average molecular weight is 544 g/mol. The van der Waals surface area contributed by atoms with Crippen molar-refractivity contribution in [1.82, 2.24) is 0 Å². The van der Waals surface area contributed by atoms with E-state index in [1.165, 1.54) is 32.3 Å². The summed E-state index contributed by atoms with van der Waals surface area (Å²) in [5.74, 6) is 0. The first kappa shape index (κ1) is 15.1. The molecule has 0 heterocycles. The molecule has 0 aliphatic heterocycles. The Labute approximate surface area is 161 Å².